The Bertz CT molecular complexity index is 681. The van der Waals surface area contributed by atoms with Gasteiger partial charge in [-0.2, -0.15) is 0 Å². The number of carboxylic acid groups (broad SMARTS) is 1. The predicted octanol–water partition coefficient (Wildman–Crippen LogP) is 3.88. The first-order valence-corrected chi connectivity index (χ1v) is 9.10. The van der Waals surface area contributed by atoms with Crippen molar-refractivity contribution in [3.05, 3.63) is 47.1 Å². The number of rotatable bonds is 8. The molecule has 0 fully saturated rings. The van der Waals surface area contributed by atoms with Crippen LogP contribution >= 0.6 is 0 Å². The number of carbonyl (C=O) groups is 1. The van der Waals surface area contributed by atoms with Crippen molar-refractivity contribution in [2.24, 2.45) is 5.92 Å². The van der Waals surface area contributed by atoms with Crippen LogP contribution in [0.3, 0.4) is 0 Å². The van der Waals surface area contributed by atoms with Crippen molar-refractivity contribution in [1.29, 1.82) is 0 Å². The van der Waals surface area contributed by atoms with Crippen LogP contribution in [-0.2, 0) is 11.2 Å². The molecule has 0 amide bonds. The minimum atomic E-state index is -0.963. The second kappa shape index (κ2) is 8.90. The highest BCUT2D eigenvalue weighted by Gasteiger charge is 2.32. The molecule has 1 aromatic rings. The zero-order valence-corrected chi connectivity index (χ0v) is 15.2. The van der Waals surface area contributed by atoms with Crippen molar-refractivity contribution in [2.75, 3.05) is 6.61 Å². The molecule has 5 heteroatoms. The van der Waals surface area contributed by atoms with Gasteiger partial charge in [0, 0.05) is 23.7 Å². The Hall–Kier alpha value is -2.27. The van der Waals surface area contributed by atoms with Gasteiger partial charge in [-0.15, -0.1) is 0 Å². The number of carboxylic acids is 1. The summed E-state index contributed by atoms with van der Waals surface area (Å²) in [6, 6.07) is 3.29. The largest absolute Gasteiger partial charge is 0.507 e. The molecule has 0 saturated carbocycles. The van der Waals surface area contributed by atoms with E-state index in [0.717, 1.165) is 30.4 Å². The van der Waals surface area contributed by atoms with Crippen LogP contribution in [0.5, 0.6) is 11.5 Å². The first-order valence-electron chi connectivity index (χ1n) is 9.10. The van der Waals surface area contributed by atoms with E-state index in [1.807, 2.05) is 6.92 Å². The Morgan fingerprint density at radius 3 is 2.38 bits per heavy atom. The summed E-state index contributed by atoms with van der Waals surface area (Å²) < 4.78 is 0. The highest BCUT2D eigenvalue weighted by Crippen LogP contribution is 2.46. The molecule has 0 radical (unpaired) electrons. The fourth-order valence-corrected chi connectivity index (χ4v) is 3.71. The summed E-state index contributed by atoms with van der Waals surface area (Å²) >= 11 is 0. The van der Waals surface area contributed by atoms with Crippen molar-refractivity contribution in [1.82, 2.24) is 0 Å². The molecule has 0 unspecified atom stereocenters. The molecular formula is C21H28O5. The number of allylic oxidation sites excluding steroid dienone is 2. The van der Waals surface area contributed by atoms with Crippen LogP contribution in [0.2, 0.25) is 0 Å². The number of benzene rings is 1. The van der Waals surface area contributed by atoms with Crippen LogP contribution in [0.15, 0.2) is 35.9 Å². The number of phenolic OH excluding ortho intramolecular Hbond substituents is 2. The number of unbranched alkanes of at least 4 members (excludes halogenated alkanes) is 2. The molecule has 1 aromatic carbocycles. The van der Waals surface area contributed by atoms with Crippen LogP contribution in [0.25, 0.3) is 0 Å². The third-order valence-electron chi connectivity index (χ3n) is 5.10. The van der Waals surface area contributed by atoms with Gasteiger partial charge in [-0.1, -0.05) is 24.6 Å². The topological polar surface area (TPSA) is 98.0 Å². The van der Waals surface area contributed by atoms with E-state index in [4.69, 9.17) is 5.11 Å². The lowest BCUT2D eigenvalue weighted by molar-refractivity contribution is -0.133. The van der Waals surface area contributed by atoms with Gasteiger partial charge >= 0.3 is 5.97 Å². The van der Waals surface area contributed by atoms with Gasteiger partial charge in [0.25, 0.3) is 0 Å². The minimum absolute atomic E-state index is 0.0127. The number of hydrogen-bond acceptors (Lipinski definition) is 4. The zero-order valence-electron chi connectivity index (χ0n) is 15.2. The highest BCUT2D eigenvalue weighted by atomic mass is 16.4. The molecule has 1 aliphatic carbocycles. The Kier molecular flexibility index (Phi) is 6.86. The molecule has 0 heterocycles. The van der Waals surface area contributed by atoms with Gasteiger partial charge in [-0.05, 0) is 62.6 Å². The fraction of sp³-hybridized carbons (Fsp3) is 0.476. The third-order valence-corrected chi connectivity index (χ3v) is 5.10. The van der Waals surface area contributed by atoms with Gasteiger partial charge in [0.05, 0.1) is 0 Å². The average molecular weight is 360 g/mol. The van der Waals surface area contributed by atoms with Crippen molar-refractivity contribution >= 4 is 5.97 Å². The van der Waals surface area contributed by atoms with Crippen molar-refractivity contribution in [3.8, 4) is 11.5 Å². The second-order valence-electron chi connectivity index (χ2n) is 7.10. The maximum atomic E-state index is 11.4. The molecule has 0 aromatic heterocycles. The van der Waals surface area contributed by atoms with Crippen molar-refractivity contribution < 1.29 is 25.2 Å². The Morgan fingerprint density at radius 2 is 1.85 bits per heavy atom. The van der Waals surface area contributed by atoms with E-state index in [1.54, 1.807) is 18.2 Å². The zero-order chi connectivity index (χ0) is 19.3. The van der Waals surface area contributed by atoms with E-state index in [9.17, 15) is 20.1 Å². The summed E-state index contributed by atoms with van der Waals surface area (Å²) in [5, 5.41) is 39.2. The first-order chi connectivity index (χ1) is 12.3. The van der Waals surface area contributed by atoms with Crippen molar-refractivity contribution in [2.45, 2.75) is 51.4 Å². The molecule has 0 spiro atoms. The standard InChI is InChI=1S/C21H28O5/c1-13(2)16-8-7-15(21(25)26)12-17(16)20-18(23)10-14(11-19(20)24)6-4-3-5-9-22/h10-12,16-17,22-24H,1,3-9H2,2H3,(H,25,26)/t16-,17+/m1/s1. The molecule has 1 aliphatic rings. The Balaban J connectivity index is 2.33. The summed E-state index contributed by atoms with van der Waals surface area (Å²) in [7, 11) is 0. The van der Waals surface area contributed by atoms with Gasteiger partial charge in [-0.25, -0.2) is 4.79 Å². The smallest absolute Gasteiger partial charge is 0.331 e. The van der Waals surface area contributed by atoms with E-state index in [1.165, 1.54) is 0 Å². The normalized spacial score (nSPS) is 19.8. The van der Waals surface area contributed by atoms with Gasteiger partial charge < -0.3 is 20.4 Å². The van der Waals surface area contributed by atoms with Gasteiger partial charge in [0.2, 0.25) is 0 Å². The quantitative estimate of drug-likeness (QED) is 0.416. The van der Waals surface area contributed by atoms with E-state index in [2.05, 4.69) is 6.58 Å². The minimum Gasteiger partial charge on any atom is -0.507 e. The molecule has 142 valence electrons. The average Bonchev–Trinajstić information content (AvgIpc) is 2.58. The second-order valence-corrected chi connectivity index (χ2v) is 7.10. The number of aliphatic hydroxyl groups excluding tert-OH is 1. The number of aryl methyl sites for hydroxylation is 1. The third kappa shape index (κ3) is 4.67. The first kappa shape index (κ1) is 20.0. The maximum Gasteiger partial charge on any atom is 0.331 e. The molecule has 0 aliphatic heterocycles. The van der Waals surface area contributed by atoms with Crippen LogP contribution in [-0.4, -0.2) is 33.0 Å². The lowest BCUT2D eigenvalue weighted by Crippen LogP contribution is -2.20. The molecule has 0 bridgehead atoms. The van der Waals surface area contributed by atoms with Crippen molar-refractivity contribution in [3.63, 3.8) is 0 Å². The van der Waals surface area contributed by atoms with Crippen LogP contribution < -0.4 is 0 Å². The molecule has 0 saturated heterocycles. The Labute approximate surface area is 154 Å². The summed E-state index contributed by atoms with van der Waals surface area (Å²) in [6.07, 6.45) is 5.90. The summed E-state index contributed by atoms with van der Waals surface area (Å²) in [6.45, 7) is 6.05. The predicted molar refractivity (Wildman–Crippen MR) is 100 cm³/mol. The molecule has 2 atom stereocenters. The molecule has 5 nitrogen and oxygen atoms in total. The summed E-state index contributed by atoms with van der Waals surface area (Å²) in [4.78, 5) is 11.4. The van der Waals surface area contributed by atoms with Crippen LogP contribution in [0, 0.1) is 5.92 Å². The number of aliphatic hydroxyl groups is 1. The van der Waals surface area contributed by atoms with E-state index in [-0.39, 0.29) is 24.0 Å². The maximum absolute atomic E-state index is 11.4. The summed E-state index contributed by atoms with van der Waals surface area (Å²) in [5.74, 6) is -1.42. The number of aliphatic carboxylic acids is 1. The Morgan fingerprint density at radius 1 is 1.19 bits per heavy atom. The van der Waals surface area contributed by atoms with Gasteiger partial charge in [0.15, 0.2) is 0 Å². The van der Waals surface area contributed by atoms with Gasteiger partial charge in [-0.3, -0.25) is 0 Å². The van der Waals surface area contributed by atoms with Crippen LogP contribution in [0.1, 0.15) is 56.1 Å². The van der Waals surface area contributed by atoms with E-state index in [0.29, 0.717) is 30.4 Å². The molecule has 26 heavy (non-hydrogen) atoms. The SMILES string of the molecule is C=C(C)[C@H]1CCC(C(=O)O)=C[C@@H]1c1c(O)cc(CCCCCO)cc1O. The van der Waals surface area contributed by atoms with E-state index < -0.39 is 11.9 Å². The lowest BCUT2D eigenvalue weighted by Gasteiger charge is -2.31. The molecule has 2 rings (SSSR count). The lowest BCUT2D eigenvalue weighted by atomic mass is 9.73. The highest BCUT2D eigenvalue weighted by molar-refractivity contribution is 5.87. The number of hydrogen-bond donors (Lipinski definition) is 4. The number of phenols is 2. The summed E-state index contributed by atoms with van der Waals surface area (Å²) in [5.41, 5.74) is 2.41. The van der Waals surface area contributed by atoms with E-state index >= 15 is 0 Å². The molecule has 4 N–H and O–H groups in total. The van der Waals surface area contributed by atoms with Gasteiger partial charge in [0.1, 0.15) is 11.5 Å². The van der Waals surface area contributed by atoms with Crippen LogP contribution in [0.4, 0.5) is 0 Å². The number of aromatic hydroxyl groups is 2. The fourth-order valence-electron chi connectivity index (χ4n) is 3.71. The monoisotopic (exact) mass is 360 g/mol. The molecular weight excluding hydrogens is 332 g/mol.